The molecular formula is C27H28N2O2. The minimum Gasteiger partial charge on any atom is -0.488 e. The second-order valence-corrected chi connectivity index (χ2v) is 8.78. The zero-order chi connectivity index (χ0) is 21.8. The van der Waals surface area contributed by atoms with Crippen molar-refractivity contribution in [3.63, 3.8) is 0 Å². The van der Waals surface area contributed by atoms with Crippen molar-refractivity contribution in [1.29, 1.82) is 0 Å². The molecule has 0 saturated carbocycles. The first-order valence-corrected chi connectivity index (χ1v) is 10.6. The van der Waals surface area contributed by atoms with Crippen molar-refractivity contribution in [2.45, 2.75) is 39.3 Å². The summed E-state index contributed by atoms with van der Waals surface area (Å²) >= 11 is 0. The van der Waals surface area contributed by atoms with Crippen LogP contribution in [0.4, 0.5) is 5.69 Å². The highest BCUT2D eigenvalue weighted by Gasteiger charge is 2.14. The van der Waals surface area contributed by atoms with Crippen molar-refractivity contribution in [2.75, 3.05) is 5.32 Å². The summed E-state index contributed by atoms with van der Waals surface area (Å²) in [5.74, 6) is 0.759. The number of amides is 1. The molecule has 4 heteroatoms. The molecule has 0 aliphatic rings. The van der Waals surface area contributed by atoms with Gasteiger partial charge in [-0.1, -0.05) is 69.3 Å². The van der Waals surface area contributed by atoms with Crippen LogP contribution in [0.25, 0.3) is 10.9 Å². The fraction of sp³-hybridized carbons (Fsp3) is 0.222. The molecule has 1 N–H and O–H groups in total. The van der Waals surface area contributed by atoms with Crippen LogP contribution in [0.3, 0.4) is 0 Å². The molecule has 0 aliphatic carbocycles. The van der Waals surface area contributed by atoms with Crippen LogP contribution in [0.2, 0.25) is 0 Å². The molecular weight excluding hydrogens is 384 g/mol. The maximum Gasteiger partial charge on any atom is 0.244 e. The molecule has 0 aliphatic heterocycles. The third-order valence-corrected chi connectivity index (χ3v) is 5.36. The number of fused-ring (bicyclic) bond motifs is 1. The number of hydrogen-bond acceptors (Lipinski definition) is 2. The van der Waals surface area contributed by atoms with Gasteiger partial charge in [0, 0.05) is 17.3 Å². The standard InChI is InChI=1S/C27H28N2O2/c1-27(2,3)21-12-14-22(15-13-21)28-26(30)18-29-17-16-23-24(29)10-7-11-25(23)31-19-20-8-5-4-6-9-20/h4-17H,18-19H2,1-3H3,(H,28,30). The van der Waals surface area contributed by atoms with E-state index in [2.05, 4.69) is 38.2 Å². The molecule has 0 radical (unpaired) electrons. The minimum atomic E-state index is -0.0587. The first-order valence-electron chi connectivity index (χ1n) is 10.6. The molecule has 0 fully saturated rings. The SMILES string of the molecule is CC(C)(C)c1ccc(NC(=O)Cn2ccc3c(OCc4ccccc4)cccc32)cc1. The molecule has 0 spiro atoms. The highest BCUT2D eigenvalue weighted by Crippen LogP contribution is 2.28. The summed E-state index contributed by atoms with van der Waals surface area (Å²) < 4.78 is 7.99. The third kappa shape index (κ3) is 4.97. The van der Waals surface area contributed by atoms with Gasteiger partial charge in [-0.05, 0) is 46.9 Å². The lowest BCUT2D eigenvalue weighted by Crippen LogP contribution is -2.18. The van der Waals surface area contributed by atoms with Gasteiger partial charge in [0.15, 0.2) is 0 Å². The Labute approximate surface area is 183 Å². The lowest BCUT2D eigenvalue weighted by atomic mass is 9.87. The van der Waals surface area contributed by atoms with Gasteiger partial charge in [-0.2, -0.15) is 0 Å². The molecule has 4 aromatic rings. The summed E-state index contributed by atoms with van der Waals surface area (Å²) in [6, 6.07) is 26.1. The number of carbonyl (C=O) groups is 1. The number of benzene rings is 3. The van der Waals surface area contributed by atoms with E-state index in [9.17, 15) is 4.79 Å². The van der Waals surface area contributed by atoms with Crippen LogP contribution in [-0.4, -0.2) is 10.5 Å². The van der Waals surface area contributed by atoms with E-state index in [1.807, 2.05) is 77.5 Å². The maximum atomic E-state index is 12.6. The Morgan fingerprint density at radius 3 is 2.35 bits per heavy atom. The third-order valence-electron chi connectivity index (χ3n) is 5.36. The van der Waals surface area contributed by atoms with Gasteiger partial charge in [0.1, 0.15) is 18.9 Å². The van der Waals surface area contributed by atoms with Crippen LogP contribution in [0.15, 0.2) is 85.1 Å². The molecule has 0 atom stereocenters. The number of nitrogens with zero attached hydrogens (tertiary/aromatic N) is 1. The minimum absolute atomic E-state index is 0.0587. The van der Waals surface area contributed by atoms with E-state index < -0.39 is 0 Å². The topological polar surface area (TPSA) is 43.3 Å². The van der Waals surface area contributed by atoms with E-state index in [0.29, 0.717) is 6.61 Å². The summed E-state index contributed by atoms with van der Waals surface area (Å²) in [6.07, 6.45) is 1.93. The van der Waals surface area contributed by atoms with Crippen molar-refractivity contribution in [2.24, 2.45) is 0 Å². The molecule has 4 nitrogen and oxygen atoms in total. The summed E-state index contributed by atoms with van der Waals surface area (Å²) in [5.41, 5.74) is 4.23. The lowest BCUT2D eigenvalue weighted by molar-refractivity contribution is -0.116. The van der Waals surface area contributed by atoms with Crippen LogP contribution in [-0.2, 0) is 23.4 Å². The zero-order valence-corrected chi connectivity index (χ0v) is 18.3. The normalized spacial score (nSPS) is 11.5. The van der Waals surface area contributed by atoms with Crippen molar-refractivity contribution in [1.82, 2.24) is 4.57 Å². The number of ether oxygens (including phenoxy) is 1. The van der Waals surface area contributed by atoms with Gasteiger partial charge in [-0.25, -0.2) is 0 Å². The Bertz CT molecular complexity index is 1170. The summed E-state index contributed by atoms with van der Waals surface area (Å²) in [5, 5.41) is 3.99. The highest BCUT2D eigenvalue weighted by molar-refractivity contribution is 5.93. The molecule has 1 heterocycles. The summed E-state index contributed by atoms with van der Waals surface area (Å²) in [7, 11) is 0. The van der Waals surface area contributed by atoms with Crippen molar-refractivity contribution in [3.05, 3.63) is 96.2 Å². The Morgan fingerprint density at radius 2 is 1.65 bits per heavy atom. The average molecular weight is 413 g/mol. The average Bonchev–Trinajstić information content (AvgIpc) is 3.16. The summed E-state index contributed by atoms with van der Waals surface area (Å²) in [6.45, 7) is 7.28. The number of aromatic nitrogens is 1. The Morgan fingerprint density at radius 1 is 0.903 bits per heavy atom. The van der Waals surface area contributed by atoms with E-state index in [1.54, 1.807) is 0 Å². The van der Waals surface area contributed by atoms with Crippen LogP contribution < -0.4 is 10.1 Å². The number of anilines is 1. The number of hydrogen-bond donors (Lipinski definition) is 1. The molecule has 158 valence electrons. The number of carbonyl (C=O) groups excluding carboxylic acids is 1. The van der Waals surface area contributed by atoms with Gasteiger partial charge in [-0.3, -0.25) is 4.79 Å². The maximum absolute atomic E-state index is 12.6. The van der Waals surface area contributed by atoms with Crippen molar-refractivity contribution in [3.8, 4) is 5.75 Å². The van der Waals surface area contributed by atoms with E-state index in [4.69, 9.17) is 4.74 Å². The summed E-state index contributed by atoms with van der Waals surface area (Å²) in [4.78, 5) is 12.6. The highest BCUT2D eigenvalue weighted by atomic mass is 16.5. The van der Waals surface area contributed by atoms with Crippen LogP contribution in [0.5, 0.6) is 5.75 Å². The van der Waals surface area contributed by atoms with Gasteiger partial charge < -0.3 is 14.6 Å². The lowest BCUT2D eigenvalue weighted by Gasteiger charge is -2.19. The Kier molecular flexibility index (Phi) is 5.81. The molecule has 31 heavy (non-hydrogen) atoms. The number of rotatable bonds is 6. The second-order valence-electron chi connectivity index (χ2n) is 8.78. The molecule has 0 unspecified atom stereocenters. The van der Waals surface area contributed by atoms with Crippen LogP contribution in [0.1, 0.15) is 31.9 Å². The first-order chi connectivity index (χ1) is 14.9. The van der Waals surface area contributed by atoms with Crippen LogP contribution >= 0.6 is 0 Å². The molecule has 0 saturated heterocycles. The van der Waals surface area contributed by atoms with E-state index in [-0.39, 0.29) is 17.9 Å². The second kappa shape index (κ2) is 8.68. The largest absolute Gasteiger partial charge is 0.488 e. The molecule has 0 bridgehead atoms. The fourth-order valence-corrected chi connectivity index (χ4v) is 3.60. The van der Waals surface area contributed by atoms with E-state index in [0.717, 1.165) is 27.9 Å². The van der Waals surface area contributed by atoms with Gasteiger partial charge in [-0.15, -0.1) is 0 Å². The predicted octanol–water partition coefficient (Wildman–Crippen LogP) is 6.16. The smallest absolute Gasteiger partial charge is 0.244 e. The van der Waals surface area contributed by atoms with Gasteiger partial charge >= 0.3 is 0 Å². The van der Waals surface area contributed by atoms with Crippen molar-refractivity contribution < 1.29 is 9.53 Å². The quantitative estimate of drug-likeness (QED) is 0.412. The van der Waals surface area contributed by atoms with E-state index in [1.165, 1.54) is 5.56 Å². The first kappa shape index (κ1) is 20.7. The molecule has 1 amide bonds. The molecule has 1 aromatic heterocycles. The zero-order valence-electron chi connectivity index (χ0n) is 18.3. The van der Waals surface area contributed by atoms with Crippen LogP contribution in [0, 0.1) is 0 Å². The van der Waals surface area contributed by atoms with Crippen molar-refractivity contribution >= 4 is 22.5 Å². The predicted molar refractivity (Wildman–Crippen MR) is 126 cm³/mol. The van der Waals surface area contributed by atoms with E-state index >= 15 is 0 Å². The Hall–Kier alpha value is -3.53. The Balaban J connectivity index is 1.44. The van der Waals surface area contributed by atoms with Gasteiger partial charge in [0.2, 0.25) is 5.91 Å². The molecule has 3 aromatic carbocycles. The van der Waals surface area contributed by atoms with Gasteiger partial charge in [0.05, 0.1) is 5.52 Å². The molecule has 4 rings (SSSR count). The monoisotopic (exact) mass is 412 g/mol. The van der Waals surface area contributed by atoms with Gasteiger partial charge in [0.25, 0.3) is 0 Å². The fourth-order valence-electron chi connectivity index (χ4n) is 3.60. The number of nitrogens with one attached hydrogen (secondary N) is 1.